The fourth-order valence-corrected chi connectivity index (χ4v) is 1.29. The van der Waals surface area contributed by atoms with E-state index >= 15 is 0 Å². The summed E-state index contributed by atoms with van der Waals surface area (Å²) in [6, 6.07) is 2.94. The van der Waals surface area contributed by atoms with E-state index in [1.54, 1.807) is 0 Å². The number of halogens is 1. The maximum absolute atomic E-state index is 13.4. The molecule has 19 heavy (non-hydrogen) atoms. The number of anilines is 1. The quantitative estimate of drug-likeness (QED) is 0.437. The second kappa shape index (κ2) is 7.39. The Balaban J connectivity index is 2.58. The Hall–Kier alpha value is -2.06. The van der Waals surface area contributed by atoms with Crippen LogP contribution in [0.25, 0.3) is 0 Å². The lowest BCUT2D eigenvalue weighted by molar-refractivity contribution is -0.384. The molecule has 0 fully saturated rings. The molecule has 0 aliphatic rings. The van der Waals surface area contributed by atoms with E-state index in [4.69, 9.17) is 4.74 Å². The first-order chi connectivity index (χ1) is 9.04. The average molecular weight is 271 g/mol. The van der Waals surface area contributed by atoms with Crippen molar-refractivity contribution in [1.29, 1.82) is 0 Å². The fraction of sp³-hybridized carbons (Fsp3) is 0.364. The van der Waals surface area contributed by atoms with Gasteiger partial charge in [-0.15, -0.1) is 0 Å². The van der Waals surface area contributed by atoms with Crippen molar-refractivity contribution in [2.24, 2.45) is 0 Å². The molecule has 1 aromatic rings. The largest absolute Gasteiger partial charge is 0.383 e. The van der Waals surface area contributed by atoms with Crippen molar-refractivity contribution in [2.45, 2.75) is 0 Å². The van der Waals surface area contributed by atoms with Crippen molar-refractivity contribution in [3.8, 4) is 0 Å². The SMILES string of the molecule is COCCNCC(=O)Nc1cc([N+](=O)[O-])ccc1F. The molecule has 0 heterocycles. The molecule has 0 aromatic heterocycles. The van der Waals surface area contributed by atoms with Crippen LogP contribution < -0.4 is 10.6 Å². The first kappa shape index (κ1) is 15.0. The number of nitrogens with one attached hydrogen (secondary N) is 2. The predicted molar refractivity (Wildman–Crippen MR) is 66.4 cm³/mol. The highest BCUT2D eigenvalue weighted by Gasteiger charge is 2.12. The van der Waals surface area contributed by atoms with Crippen LogP contribution in [0.1, 0.15) is 0 Å². The van der Waals surface area contributed by atoms with Gasteiger partial charge in [-0.1, -0.05) is 0 Å². The van der Waals surface area contributed by atoms with Crippen LogP contribution in [0.5, 0.6) is 0 Å². The first-order valence-corrected chi connectivity index (χ1v) is 5.48. The number of carbonyl (C=O) groups is 1. The number of amides is 1. The number of benzene rings is 1. The number of rotatable bonds is 7. The normalized spacial score (nSPS) is 10.2. The molecule has 1 rings (SSSR count). The topological polar surface area (TPSA) is 93.5 Å². The summed E-state index contributed by atoms with van der Waals surface area (Å²) in [6.07, 6.45) is 0. The van der Waals surface area contributed by atoms with Crippen LogP contribution in [0.15, 0.2) is 18.2 Å². The van der Waals surface area contributed by atoms with Gasteiger partial charge in [0.25, 0.3) is 5.69 Å². The van der Waals surface area contributed by atoms with Gasteiger partial charge in [0.1, 0.15) is 5.82 Å². The van der Waals surface area contributed by atoms with Crippen LogP contribution in [-0.4, -0.2) is 37.6 Å². The van der Waals surface area contributed by atoms with E-state index in [1.807, 2.05) is 0 Å². The summed E-state index contributed by atoms with van der Waals surface area (Å²) < 4.78 is 18.1. The predicted octanol–water partition coefficient (Wildman–Crippen LogP) is 0.908. The molecule has 104 valence electrons. The number of methoxy groups -OCH3 is 1. The number of hydrogen-bond donors (Lipinski definition) is 2. The summed E-state index contributed by atoms with van der Waals surface area (Å²) in [4.78, 5) is 21.3. The summed E-state index contributed by atoms with van der Waals surface area (Å²) >= 11 is 0. The van der Waals surface area contributed by atoms with Crippen LogP contribution in [0.4, 0.5) is 15.8 Å². The van der Waals surface area contributed by atoms with Gasteiger partial charge >= 0.3 is 0 Å². The van der Waals surface area contributed by atoms with Gasteiger partial charge in [-0.2, -0.15) is 0 Å². The minimum atomic E-state index is -0.726. The van der Waals surface area contributed by atoms with Crippen LogP contribution in [0.2, 0.25) is 0 Å². The van der Waals surface area contributed by atoms with Crippen LogP contribution in [-0.2, 0) is 9.53 Å². The van der Waals surface area contributed by atoms with Gasteiger partial charge in [0.05, 0.1) is 23.8 Å². The number of hydrogen-bond acceptors (Lipinski definition) is 5. The van der Waals surface area contributed by atoms with Crippen LogP contribution in [0, 0.1) is 15.9 Å². The molecule has 0 bridgehead atoms. The fourth-order valence-electron chi connectivity index (χ4n) is 1.29. The smallest absolute Gasteiger partial charge is 0.271 e. The number of nitrogens with zero attached hydrogens (tertiary/aromatic N) is 1. The molecule has 0 saturated heterocycles. The average Bonchev–Trinajstić information content (AvgIpc) is 2.37. The number of nitro groups is 1. The lowest BCUT2D eigenvalue weighted by atomic mass is 10.2. The minimum absolute atomic E-state index is 0.0362. The molecule has 0 spiro atoms. The second-order valence-corrected chi connectivity index (χ2v) is 3.64. The summed E-state index contributed by atoms with van der Waals surface area (Å²) in [6.45, 7) is 0.880. The van der Waals surface area contributed by atoms with Gasteiger partial charge in [0, 0.05) is 25.8 Å². The van der Waals surface area contributed by atoms with E-state index in [2.05, 4.69) is 10.6 Å². The second-order valence-electron chi connectivity index (χ2n) is 3.64. The Morgan fingerprint density at radius 2 is 2.26 bits per heavy atom. The van der Waals surface area contributed by atoms with Crippen molar-refractivity contribution in [1.82, 2.24) is 5.32 Å². The van der Waals surface area contributed by atoms with Crippen LogP contribution in [0.3, 0.4) is 0 Å². The highest BCUT2D eigenvalue weighted by molar-refractivity contribution is 5.92. The highest BCUT2D eigenvalue weighted by Crippen LogP contribution is 2.20. The molecular weight excluding hydrogens is 257 g/mol. The summed E-state index contributed by atoms with van der Waals surface area (Å²) in [5.41, 5.74) is -0.503. The Kier molecular flexibility index (Phi) is 5.83. The molecule has 1 aromatic carbocycles. The highest BCUT2D eigenvalue weighted by atomic mass is 19.1. The maximum atomic E-state index is 13.4. The molecule has 0 unspecified atom stereocenters. The third-order valence-corrected chi connectivity index (χ3v) is 2.20. The van der Waals surface area contributed by atoms with Crippen molar-refractivity contribution in [3.63, 3.8) is 0 Å². The van der Waals surface area contributed by atoms with Gasteiger partial charge in [-0.3, -0.25) is 14.9 Å². The molecule has 0 aliphatic heterocycles. The van der Waals surface area contributed by atoms with Gasteiger partial charge in [0.2, 0.25) is 5.91 Å². The van der Waals surface area contributed by atoms with E-state index in [0.717, 1.165) is 18.2 Å². The standard InChI is InChI=1S/C11H14FN3O4/c1-19-5-4-13-7-11(16)14-10-6-8(15(17)18)2-3-9(10)12/h2-3,6,13H,4-5,7H2,1H3,(H,14,16). The molecular formula is C11H14FN3O4. The molecule has 0 radical (unpaired) electrons. The molecule has 2 N–H and O–H groups in total. The van der Waals surface area contributed by atoms with E-state index in [0.29, 0.717) is 13.2 Å². The van der Waals surface area contributed by atoms with Crippen molar-refractivity contribution in [3.05, 3.63) is 34.1 Å². The Morgan fingerprint density at radius 3 is 2.89 bits per heavy atom. The Morgan fingerprint density at radius 1 is 1.53 bits per heavy atom. The number of non-ortho nitro benzene ring substituents is 1. The molecule has 1 amide bonds. The minimum Gasteiger partial charge on any atom is -0.383 e. The van der Waals surface area contributed by atoms with Gasteiger partial charge in [-0.25, -0.2) is 4.39 Å². The monoisotopic (exact) mass is 271 g/mol. The zero-order valence-electron chi connectivity index (χ0n) is 10.3. The molecule has 0 saturated carbocycles. The molecule has 8 heteroatoms. The third-order valence-electron chi connectivity index (χ3n) is 2.20. The van der Waals surface area contributed by atoms with E-state index in [9.17, 15) is 19.3 Å². The molecule has 0 atom stereocenters. The third kappa shape index (κ3) is 4.98. The van der Waals surface area contributed by atoms with E-state index < -0.39 is 16.6 Å². The lowest BCUT2D eigenvalue weighted by Gasteiger charge is -2.07. The van der Waals surface area contributed by atoms with E-state index in [-0.39, 0.29) is 17.9 Å². The van der Waals surface area contributed by atoms with Gasteiger partial charge < -0.3 is 15.4 Å². The van der Waals surface area contributed by atoms with Crippen molar-refractivity contribution < 1.29 is 18.8 Å². The summed E-state index contributed by atoms with van der Waals surface area (Å²) in [7, 11) is 1.53. The summed E-state index contributed by atoms with van der Waals surface area (Å²) in [5, 5.41) is 15.6. The van der Waals surface area contributed by atoms with Crippen molar-refractivity contribution in [2.75, 3.05) is 32.1 Å². The molecule has 0 aliphatic carbocycles. The number of nitro benzene ring substituents is 1. The molecule has 7 nitrogen and oxygen atoms in total. The Bertz CT molecular complexity index is 467. The lowest BCUT2D eigenvalue weighted by Crippen LogP contribution is -2.30. The van der Waals surface area contributed by atoms with E-state index in [1.165, 1.54) is 7.11 Å². The first-order valence-electron chi connectivity index (χ1n) is 5.48. The van der Waals surface area contributed by atoms with Crippen LogP contribution >= 0.6 is 0 Å². The Labute approximate surface area is 108 Å². The van der Waals surface area contributed by atoms with Gasteiger partial charge in [-0.05, 0) is 6.07 Å². The zero-order valence-corrected chi connectivity index (χ0v) is 10.3. The maximum Gasteiger partial charge on any atom is 0.271 e. The van der Waals surface area contributed by atoms with Crippen molar-refractivity contribution >= 4 is 17.3 Å². The summed E-state index contributed by atoms with van der Waals surface area (Å²) in [5.74, 6) is -1.22. The van der Waals surface area contributed by atoms with Gasteiger partial charge in [0.15, 0.2) is 0 Å². The zero-order chi connectivity index (χ0) is 14.3. The number of carbonyl (C=O) groups excluding carboxylic acids is 1. The number of ether oxygens (including phenoxy) is 1.